The molecule has 0 bridgehead atoms. The Hall–Kier alpha value is -2.95. The fourth-order valence-corrected chi connectivity index (χ4v) is 2.86. The van der Waals surface area contributed by atoms with Crippen LogP contribution in [0.3, 0.4) is 0 Å². The molecule has 0 atom stereocenters. The SMILES string of the molecule is Cn1c2cc(-c3ccc(O)nc3)ccc2c2cncc(F)c21. The van der Waals surface area contributed by atoms with E-state index in [0.29, 0.717) is 5.52 Å². The highest BCUT2D eigenvalue weighted by atomic mass is 19.1. The maximum Gasteiger partial charge on any atom is 0.210 e. The second-order valence-corrected chi connectivity index (χ2v) is 5.21. The number of hydrogen-bond donors (Lipinski definition) is 1. The van der Waals surface area contributed by atoms with Gasteiger partial charge in [-0.2, -0.15) is 0 Å². The summed E-state index contributed by atoms with van der Waals surface area (Å²) in [6, 6.07) is 9.25. The van der Waals surface area contributed by atoms with Crippen molar-refractivity contribution >= 4 is 21.8 Å². The van der Waals surface area contributed by atoms with Crippen molar-refractivity contribution in [3.8, 4) is 17.0 Å². The molecular formula is C17H12FN3O. The molecular weight excluding hydrogens is 281 g/mol. The van der Waals surface area contributed by atoms with Gasteiger partial charge in [0.1, 0.15) is 0 Å². The molecule has 0 spiro atoms. The van der Waals surface area contributed by atoms with Crippen molar-refractivity contribution in [2.24, 2.45) is 7.05 Å². The second-order valence-electron chi connectivity index (χ2n) is 5.21. The molecule has 3 aromatic heterocycles. The molecule has 4 aromatic rings. The molecule has 4 nitrogen and oxygen atoms in total. The fraction of sp³-hybridized carbons (Fsp3) is 0.0588. The van der Waals surface area contributed by atoms with Gasteiger partial charge in [-0.3, -0.25) is 4.98 Å². The number of halogens is 1. The number of pyridine rings is 2. The average molecular weight is 293 g/mol. The molecule has 0 aliphatic carbocycles. The third kappa shape index (κ3) is 1.75. The second kappa shape index (κ2) is 4.53. The Balaban J connectivity index is 2.02. The van der Waals surface area contributed by atoms with Crippen LogP contribution in [0.15, 0.2) is 48.9 Å². The first-order chi connectivity index (χ1) is 10.6. The number of fused-ring (bicyclic) bond motifs is 3. The molecule has 5 heteroatoms. The van der Waals surface area contributed by atoms with E-state index in [-0.39, 0.29) is 11.7 Å². The predicted molar refractivity (Wildman–Crippen MR) is 83.1 cm³/mol. The maximum absolute atomic E-state index is 14.0. The van der Waals surface area contributed by atoms with E-state index in [2.05, 4.69) is 9.97 Å². The van der Waals surface area contributed by atoms with Crippen molar-refractivity contribution in [1.29, 1.82) is 0 Å². The van der Waals surface area contributed by atoms with Crippen molar-refractivity contribution in [2.45, 2.75) is 0 Å². The van der Waals surface area contributed by atoms with Crippen LogP contribution >= 0.6 is 0 Å². The Kier molecular flexibility index (Phi) is 2.63. The zero-order chi connectivity index (χ0) is 15.3. The zero-order valence-corrected chi connectivity index (χ0v) is 11.8. The van der Waals surface area contributed by atoms with Gasteiger partial charge in [0.15, 0.2) is 5.82 Å². The minimum absolute atomic E-state index is 0.0115. The highest BCUT2D eigenvalue weighted by molar-refractivity contribution is 6.08. The average Bonchev–Trinajstić information content (AvgIpc) is 2.82. The summed E-state index contributed by atoms with van der Waals surface area (Å²) in [4.78, 5) is 7.83. The van der Waals surface area contributed by atoms with Gasteiger partial charge in [-0.1, -0.05) is 12.1 Å². The van der Waals surface area contributed by atoms with E-state index >= 15 is 0 Å². The molecule has 1 N–H and O–H groups in total. The van der Waals surface area contributed by atoms with E-state index in [1.807, 2.05) is 29.8 Å². The molecule has 108 valence electrons. The zero-order valence-electron chi connectivity index (χ0n) is 11.8. The Morgan fingerprint density at radius 2 is 1.82 bits per heavy atom. The first kappa shape index (κ1) is 12.8. The van der Waals surface area contributed by atoms with Gasteiger partial charge in [-0.25, -0.2) is 9.37 Å². The van der Waals surface area contributed by atoms with Crippen LogP contribution in [-0.2, 0) is 7.05 Å². The summed E-state index contributed by atoms with van der Waals surface area (Å²) >= 11 is 0. The highest BCUT2D eigenvalue weighted by Crippen LogP contribution is 2.32. The molecule has 0 amide bonds. The number of aryl methyl sites for hydroxylation is 1. The van der Waals surface area contributed by atoms with E-state index in [0.717, 1.165) is 27.4 Å². The van der Waals surface area contributed by atoms with Crippen LogP contribution in [0.5, 0.6) is 5.88 Å². The number of aromatic nitrogens is 3. The minimum Gasteiger partial charge on any atom is -0.493 e. The first-order valence-corrected chi connectivity index (χ1v) is 6.82. The summed E-state index contributed by atoms with van der Waals surface area (Å²) in [5.41, 5.74) is 3.32. The Bertz CT molecular complexity index is 1010. The molecule has 0 unspecified atom stereocenters. The van der Waals surface area contributed by atoms with Crippen molar-refractivity contribution in [2.75, 3.05) is 0 Å². The van der Waals surface area contributed by atoms with Crippen LogP contribution in [0.1, 0.15) is 0 Å². The molecule has 1 aromatic carbocycles. The molecule has 4 rings (SSSR count). The largest absolute Gasteiger partial charge is 0.493 e. The summed E-state index contributed by atoms with van der Waals surface area (Å²) < 4.78 is 15.9. The van der Waals surface area contributed by atoms with E-state index in [4.69, 9.17) is 0 Å². The van der Waals surface area contributed by atoms with Crippen LogP contribution in [-0.4, -0.2) is 19.6 Å². The topological polar surface area (TPSA) is 50.9 Å². The summed E-state index contributed by atoms with van der Waals surface area (Å²) in [6.07, 6.45) is 4.52. The van der Waals surface area contributed by atoms with Crippen LogP contribution in [0.4, 0.5) is 4.39 Å². The smallest absolute Gasteiger partial charge is 0.210 e. The number of hydrogen-bond acceptors (Lipinski definition) is 3. The monoisotopic (exact) mass is 293 g/mol. The summed E-state index contributed by atoms with van der Waals surface area (Å²) in [5.74, 6) is -0.341. The lowest BCUT2D eigenvalue weighted by atomic mass is 10.1. The van der Waals surface area contributed by atoms with Gasteiger partial charge in [0.25, 0.3) is 0 Å². The molecule has 22 heavy (non-hydrogen) atoms. The van der Waals surface area contributed by atoms with E-state index in [1.165, 1.54) is 6.20 Å². The predicted octanol–water partition coefficient (Wildman–Crippen LogP) is 3.63. The van der Waals surface area contributed by atoms with Gasteiger partial charge in [-0.05, 0) is 17.7 Å². The van der Waals surface area contributed by atoms with Gasteiger partial charge in [0.05, 0.1) is 11.7 Å². The minimum atomic E-state index is -0.330. The quantitative estimate of drug-likeness (QED) is 0.583. The lowest BCUT2D eigenvalue weighted by Crippen LogP contribution is -1.90. The van der Waals surface area contributed by atoms with Gasteiger partial charge < -0.3 is 9.67 Å². The summed E-state index contributed by atoms with van der Waals surface area (Å²) in [7, 11) is 1.84. The lowest BCUT2D eigenvalue weighted by molar-refractivity contribution is 0.453. The van der Waals surface area contributed by atoms with Crippen LogP contribution in [0.2, 0.25) is 0 Å². The third-order valence-corrected chi connectivity index (χ3v) is 3.94. The summed E-state index contributed by atoms with van der Waals surface area (Å²) in [5, 5.41) is 11.0. The molecule has 0 aliphatic rings. The molecule has 0 saturated heterocycles. The maximum atomic E-state index is 14.0. The van der Waals surface area contributed by atoms with E-state index in [9.17, 15) is 9.50 Å². The van der Waals surface area contributed by atoms with Gasteiger partial charge in [-0.15, -0.1) is 0 Å². The number of aromatic hydroxyl groups is 1. The fourth-order valence-electron chi connectivity index (χ4n) is 2.86. The van der Waals surface area contributed by atoms with Crippen LogP contribution in [0.25, 0.3) is 32.9 Å². The van der Waals surface area contributed by atoms with Gasteiger partial charge >= 0.3 is 0 Å². The van der Waals surface area contributed by atoms with E-state index in [1.54, 1.807) is 24.5 Å². The lowest BCUT2D eigenvalue weighted by Gasteiger charge is -2.03. The first-order valence-electron chi connectivity index (χ1n) is 6.82. The molecule has 0 aliphatic heterocycles. The third-order valence-electron chi connectivity index (χ3n) is 3.94. The molecule has 0 radical (unpaired) electrons. The van der Waals surface area contributed by atoms with Gasteiger partial charge in [0.2, 0.25) is 5.88 Å². The normalized spacial score (nSPS) is 11.4. The van der Waals surface area contributed by atoms with Crippen LogP contribution in [0, 0.1) is 5.82 Å². The van der Waals surface area contributed by atoms with Gasteiger partial charge in [0, 0.05) is 47.4 Å². The summed E-state index contributed by atoms with van der Waals surface area (Å²) in [6.45, 7) is 0. The van der Waals surface area contributed by atoms with Crippen molar-refractivity contribution in [3.63, 3.8) is 0 Å². The number of nitrogens with zero attached hydrogens (tertiary/aromatic N) is 3. The van der Waals surface area contributed by atoms with Crippen molar-refractivity contribution < 1.29 is 9.50 Å². The van der Waals surface area contributed by atoms with E-state index < -0.39 is 0 Å². The Morgan fingerprint density at radius 1 is 1.00 bits per heavy atom. The molecule has 0 fully saturated rings. The van der Waals surface area contributed by atoms with Crippen LogP contribution < -0.4 is 0 Å². The van der Waals surface area contributed by atoms with Crippen molar-refractivity contribution in [3.05, 3.63) is 54.7 Å². The number of benzene rings is 1. The molecule has 3 heterocycles. The van der Waals surface area contributed by atoms with Crippen molar-refractivity contribution in [1.82, 2.24) is 14.5 Å². The Morgan fingerprint density at radius 3 is 2.59 bits per heavy atom. The number of rotatable bonds is 1. The highest BCUT2D eigenvalue weighted by Gasteiger charge is 2.13. The Labute approximate surface area is 125 Å². The molecule has 0 saturated carbocycles. The standard InChI is InChI=1S/C17H12FN3O/c1-21-15-6-10(11-3-5-16(22)20-7-11)2-4-12(15)13-8-19-9-14(18)17(13)21/h2-9H,1H3,(H,20,22).